The number of aliphatic carboxylic acids is 1. The minimum Gasteiger partial charge on any atom is -0.480 e. The molecule has 0 radical (unpaired) electrons. The molecule has 1 heterocycles. The van der Waals surface area contributed by atoms with E-state index in [1.54, 1.807) is 4.90 Å². The zero-order chi connectivity index (χ0) is 18.6. The third kappa shape index (κ3) is 4.94. The molecule has 0 unspecified atom stereocenters. The summed E-state index contributed by atoms with van der Waals surface area (Å²) in [5.74, 6) is -1.18. The molecule has 1 aromatic carbocycles. The Labute approximate surface area is 144 Å². The molecule has 2 rings (SSSR count). The minimum absolute atomic E-state index is 0.0337. The summed E-state index contributed by atoms with van der Waals surface area (Å²) in [6.07, 6.45) is -3.13. The Morgan fingerprint density at radius 1 is 1.20 bits per heavy atom. The van der Waals surface area contributed by atoms with Gasteiger partial charge in [-0.05, 0) is 43.7 Å². The number of nitrogens with zero attached hydrogens (tertiary/aromatic N) is 2. The van der Waals surface area contributed by atoms with Gasteiger partial charge in [0.05, 0.1) is 12.1 Å². The Morgan fingerprint density at radius 2 is 1.76 bits per heavy atom. The molecule has 1 aliphatic heterocycles. The SMILES string of the molecule is CCN(CC(=O)O)C1CCN(C(=O)c2ccc(C(F)(F)F)cc2)CC1. The fourth-order valence-electron chi connectivity index (χ4n) is 3.09. The number of likely N-dealkylation sites (N-methyl/N-ethyl adjacent to an activating group) is 1. The lowest BCUT2D eigenvalue weighted by Crippen LogP contribution is -2.48. The first kappa shape index (κ1) is 19.2. The number of amides is 1. The lowest BCUT2D eigenvalue weighted by molar-refractivity contribution is -0.139. The topological polar surface area (TPSA) is 60.9 Å². The number of piperidine rings is 1. The zero-order valence-corrected chi connectivity index (χ0v) is 13.9. The van der Waals surface area contributed by atoms with E-state index in [9.17, 15) is 22.8 Å². The van der Waals surface area contributed by atoms with Crippen LogP contribution in [-0.2, 0) is 11.0 Å². The van der Waals surface area contributed by atoms with Crippen molar-refractivity contribution in [2.45, 2.75) is 32.0 Å². The van der Waals surface area contributed by atoms with Crippen LogP contribution < -0.4 is 0 Å². The van der Waals surface area contributed by atoms with E-state index >= 15 is 0 Å². The summed E-state index contributed by atoms with van der Waals surface area (Å²) in [5, 5.41) is 8.93. The zero-order valence-electron chi connectivity index (χ0n) is 13.9. The van der Waals surface area contributed by atoms with Crippen molar-refractivity contribution in [1.29, 1.82) is 0 Å². The Kier molecular flexibility index (Phi) is 6.05. The molecule has 138 valence electrons. The Balaban J connectivity index is 1.96. The van der Waals surface area contributed by atoms with Gasteiger partial charge in [-0.2, -0.15) is 13.2 Å². The van der Waals surface area contributed by atoms with Crippen LogP contribution in [0.25, 0.3) is 0 Å². The molecule has 1 saturated heterocycles. The maximum absolute atomic E-state index is 12.6. The van der Waals surface area contributed by atoms with Gasteiger partial charge in [-0.3, -0.25) is 14.5 Å². The van der Waals surface area contributed by atoms with E-state index in [1.807, 2.05) is 11.8 Å². The number of likely N-dealkylation sites (tertiary alicyclic amines) is 1. The lowest BCUT2D eigenvalue weighted by atomic mass is 10.0. The number of alkyl halides is 3. The van der Waals surface area contributed by atoms with Gasteiger partial charge in [0.1, 0.15) is 0 Å². The monoisotopic (exact) mass is 358 g/mol. The predicted octanol–water partition coefficient (Wildman–Crippen LogP) is 2.72. The Morgan fingerprint density at radius 3 is 2.20 bits per heavy atom. The van der Waals surface area contributed by atoms with Crippen molar-refractivity contribution < 1.29 is 27.9 Å². The Bertz CT molecular complexity index is 609. The second-order valence-electron chi connectivity index (χ2n) is 6.06. The smallest absolute Gasteiger partial charge is 0.416 e. The van der Waals surface area contributed by atoms with Crippen LogP contribution in [0.5, 0.6) is 0 Å². The standard InChI is InChI=1S/C17H21F3N2O3/c1-2-21(11-15(23)24)14-7-9-22(10-8-14)16(25)12-3-5-13(6-4-12)17(18,19)20/h3-6,14H,2,7-11H2,1H3,(H,23,24). The molecule has 1 amide bonds. The second-order valence-corrected chi connectivity index (χ2v) is 6.06. The maximum Gasteiger partial charge on any atom is 0.416 e. The van der Waals surface area contributed by atoms with Gasteiger partial charge < -0.3 is 10.0 Å². The highest BCUT2D eigenvalue weighted by Crippen LogP contribution is 2.29. The molecule has 0 aliphatic carbocycles. The van der Waals surface area contributed by atoms with E-state index in [4.69, 9.17) is 5.11 Å². The fourth-order valence-corrected chi connectivity index (χ4v) is 3.09. The molecule has 0 bridgehead atoms. The van der Waals surface area contributed by atoms with Gasteiger partial charge in [-0.15, -0.1) is 0 Å². The van der Waals surface area contributed by atoms with Crippen LogP contribution in [0.2, 0.25) is 0 Å². The third-order valence-electron chi connectivity index (χ3n) is 4.47. The quantitative estimate of drug-likeness (QED) is 0.879. The molecule has 1 N–H and O–H groups in total. The molecule has 1 aliphatic rings. The van der Waals surface area contributed by atoms with Gasteiger partial charge in [0, 0.05) is 24.7 Å². The van der Waals surface area contributed by atoms with E-state index in [-0.39, 0.29) is 24.1 Å². The van der Waals surface area contributed by atoms with Crippen LogP contribution in [0.3, 0.4) is 0 Å². The largest absolute Gasteiger partial charge is 0.480 e. The van der Waals surface area contributed by atoms with Crippen molar-refractivity contribution >= 4 is 11.9 Å². The summed E-state index contributed by atoms with van der Waals surface area (Å²) in [6.45, 7) is 3.39. The molecule has 1 aromatic rings. The number of halogens is 3. The first-order valence-electron chi connectivity index (χ1n) is 8.14. The van der Waals surface area contributed by atoms with E-state index < -0.39 is 17.7 Å². The van der Waals surface area contributed by atoms with Gasteiger partial charge in [-0.1, -0.05) is 6.92 Å². The van der Waals surface area contributed by atoms with Gasteiger partial charge in [0.15, 0.2) is 0 Å². The molecule has 0 spiro atoms. The molecule has 8 heteroatoms. The number of rotatable bonds is 5. The van der Waals surface area contributed by atoms with Crippen LogP contribution >= 0.6 is 0 Å². The van der Waals surface area contributed by atoms with E-state index in [0.717, 1.165) is 12.1 Å². The van der Waals surface area contributed by atoms with Crippen LogP contribution in [0.15, 0.2) is 24.3 Å². The maximum atomic E-state index is 12.6. The second kappa shape index (κ2) is 7.86. The van der Waals surface area contributed by atoms with Gasteiger partial charge in [-0.25, -0.2) is 0 Å². The average molecular weight is 358 g/mol. The summed E-state index contributed by atoms with van der Waals surface area (Å²) in [6, 6.07) is 4.30. The molecule has 25 heavy (non-hydrogen) atoms. The van der Waals surface area contributed by atoms with Gasteiger partial charge in [0.2, 0.25) is 0 Å². The van der Waals surface area contributed by atoms with Gasteiger partial charge >= 0.3 is 12.1 Å². The van der Waals surface area contributed by atoms with Crippen LogP contribution in [0, 0.1) is 0 Å². The molecular weight excluding hydrogens is 337 g/mol. The van der Waals surface area contributed by atoms with E-state index in [0.29, 0.717) is 32.5 Å². The number of hydrogen-bond donors (Lipinski definition) is 1. The highest BCUT2D eigenvalue weighted by Gasteiger charge is 2.31. The normalized spacial score (nSPS) is 16.3. The fraction of sp³-hybridized carbons (Fsp3) is 0.529. The summed E-state index contributed by atoms with van der Waals surface area (Å²) >= 11 is 0. The van der Waals surface area contributed by atoms with Crippen LogP contribution in [0.4, 0.5) is 13.2 Å². The summed E-state index contributed by atoms with van der Waals surface area (Å²) in [5.41, 5.74) is -0.556. The van der Waals surface area contributed by atoms with E-state index in [2.05, 4.69) is 0 Å². The molecule has 5 nitrogen and oxygen atoms in total. The molecule has 0 aromatic heterocycles. The number of hydrogen-bond acceptors (Lipinski definition) is 3. The summed E-state index contributed by atoms with van der Waals surface area (Å²) in [7, 11) is 0. The number of benzene rings is 1. The summed E-state index contributed by atoms with van der Waals surface area (Å²) < 4.78 is 37.7. The van der Waals surface area contributed by atoms with E-state index in [1.165, 1.54) is 12.1 Å². The van der Waals surface area contributed by atoms with Crippen molar-refractivity contribution in [3.8, 4) is 0 Å². The number of carboxylic acid groups (broad SMARTS) is 1. The van der Waals surface area contributed by atoms with Crippen molar-refractivity contribution in [1.82, 2.24) is 9.80 Å². The van der Waals surface area contributed by atoms with Crippen molar-refractivity contribution in [3.63, 3.8) is 0 Å². The van der Waals surface area contributed by atoms with Crippen LogP contribution in [-0.4, -0.2) is 59.0 Å². The first-order chi connectivity index (χ1) is 11.7. The Hall–Kier alpha value is -2.09. The highest BCUT2D eigenvalue weighted by atomic mass is 19.4. The number of carbonyl (C=O) groups excluding carboxylic acids is 1. The number of carbonyl (C=O) groups is 2. The number of carboxylic acids is 1. The van der Waals surface area contributed by atoms with Crippen molar-refractivity contribution in [2.75, 3.05) is 26.2 Å². The molecule has 0 saturated carbocycles. The average Bonchev–Trinajstić information content (AvgIpc) is 2.58. The van der Waals surface area contributed by atoms with Crippen LogP contribution in [0.1, 0.15) is 35.7 Å². The van der Waals surface area contributed by atoms with Crippen molar-refractivity contribution in [3.05, 3.63) is 35.4 Å². The molecule has 1 fully saturated rings. The lowest BCUT2D eigenvalue weighted by Gasteiger charge is -2.37. The first-order valence-corrected chi connectivity index (χ1v) is 8.14. The van der Waals surface area contributed by atoms with Crippen molar-refractivity contribution in [2.24, 2.45) is 0 Å². The predicted molar refractivity (Wildman–Crippen MR) is 85.3 cm³/mol. The minimum atomic E-state index is -4.42. The molecule has 0 atom stereocenters. The summed E-state index contributed by atoms with van der Waals surface area (Å²) in [4.78, 5) is 26.8. The van der Waals surface area contributed by atoms with Gasteiger partial charge in [0.25, 0.3) is 5.91 Å². The third-order valence-corrected chi connectivity index (χ3v) is 4.47. The molecular formula is C17H21F3N2O3. The highest BCUT2D eigenvalue weighted by molar-refractivity contribution is 5.94.